The van der Waals surface area contributed by atoms with E-state index in [1.807, 2.05) is 0 Å². The van der Waals surface area contributed by atoms with Gasteiger partial charge in [0.15, 0.2) is 0 Å². The number of hydrogen-bond donors (Lipinski definition) is 0. The van der Waals surface area contributed by atoms with Gasteiger partial charge < -0.3 is 0 Å². The molecule has 2 rings (SSSR count). The van der Waals surface area contributed by atoms with Gasteiger partial charge in [0.25, 0.3) is 0 Å². The lowest BCUT2D eigenvalue weighted by Gasteiger charge is -2.04. The molecule has 0 aliphatic rings. The van der Waals surface area contributed by atoms with E-state index in [1.54, 1.807) is 18.2 Å². The third kappa shape index (κ3) is 1.37. The molecule has 70 valence electrons. The first-order valence-corrected chi connectivity index (χ1v) is 4.61. The third-order valence-corrected chi connectivity index (χ3v) is 2.53. The molecule has 14 heavy (non-hydrogen) atoms. The zero-order valence-corrected chi connectivity index (χ0v) is 8.39. The van der Waals surface area contributed by atoms with E-state index in [9.17, 15) is 9.59 Å². The van der Waals surface area contributed by atoms with Crippen molar-refractivity contribution < 1.29 is 0 Å². The topological polar surface area (TPSA) is 34.1 Å². The summed E-state index contributed by atoms with van der Waals surface area (Å²) in [6, 6.07) is 6.05. The molecular formula is C10H4Cl2O2. The van der Waals surface area contributed by atoms with Crippen molar-refractivity contribution in [3.63, 3.8) is 0 Å². The minimum atomic E-state index is -0.505. The van der Waals surface area contributed by atoms with E-state index in [2.05, 4.69) is 0 Å². The van der Waals surface area contributed by atoms with Crippen LogP contribution in [0.3, 0.4) is 0 Å². The van der Waals surface area contributed by atoms with Gasteiger partial charge in [0.05, 0.1) is 0 Å². The monoisotopic (exact) mass is 226 g/mol. The van der Waals surface area contributed by atoms with E-state index in [1.165, 1.54) is 6.07 Å². The normalized spacial score (nSPS) is 10.7. The van der Waals surface area contributed by atoms with Gasteiger partial charge in [0.1, 0.15) is 0 Å². The molecule has 0 radical (unpaired) electrons. The zero-order valence-electron chi connectivity index (χ0n) is 6.88. The fourth-order valence-electron chi connectivity index (χ4n) is 1.22. The molecule has 0 N–H and O–H groups in total. The summed E-state index contributed by atoms with van der Waals surface area (Å²) in [7, 11) is 0. The molecule has 2 aromatic rings. The van der Waals surface area contributed by atoms with Crippen molar-refractivity contribution >= 4 is 23.2 Å². The Kier molecular flexibility index (Phi) is 2.17. The van der Waals surface area contributed by atoms with Gasteiger partial charge in [-0.25, -0.2) is 0 Å². The summed E-state index contributed by atoms with van der Waals surface area (Å²) in [4.78, 5) is 21.8. The van der Waals surface area contributed by atoms with E-state index < -0.39 is 10.9 Å². The predicted molar refractivity (Wildman–Crippen MR) is 56.8 cm³/mol. The van der Waals surface area contributed by atoms with Gasteiger partial charge in [-0.1, -0.05) is 23.2 Å². The van der Waals surface area contributed by atoms with Crippen molar-refractivity contribution in [2.24, 2.45) is 0 Å². The van der Waals surface area contributed by atoms with Gasteiger partial charge in [-0.2, -0.15) is 0 Å². The summed E-state index contributed by atoms with van der Waals surface area (Å²) in [6.07, 6.45) is 0. The Morgan fingerprint density at radius 1 is 0.929 bits per heavy atom. The van der Waals surface area contributed by atoms with Gasteiger partial charge in [-0.15, -0.1) is 0 Å². The van der Waals surface area contributed by atoms with Crippen LogP contribution in [0.1, 0.15) is 0 Å². The number of hydrogen-bond acceptors (Lipinski definition) is 2. The Bertz CT molecular complexity index is 565. The molecule has 0 spiro atoms. The van der Waals surface area contributed by atoms with Crippen LogP contribution < -0.4 is 10.9 Å². The van der Waals surface area contributed by atoms with E-state index in [-0.39, 0.29) is 0 Å². The van der Waals surface area contributed by atoms with Crippen LogP contribution in [-0.4, -0.2) is 0 Å². The van der Waals surface area contributed by atoms with Crippen molar-refractivity contribution in [2.75, 3.05) is 0 Å². The molecule has 0 unspecified atom stereocenters. The molecule has 0 bridgehead atoms. The van der Waals surface area contributed by atoms with E-state index >= 15 is 0 Å². The van der Waals surface area contributed by atoms with Crippen molar-refractivity contribution in [1.29, 1.82) is 0 Å². The average Bonchev–Trinajstić information content (AvgIpc) is 2.18. The maximum atomic E-state index is 11.1. The predicted octanol–water partition coefficient (Wildman–Crippen LogP) is 2.26. The molecule has 4 heteroatoms. The second kappa shape index (κ2) is 3.23. The van der Waals surface area contributed by atoms with Crippen LogP contribution in [0.5, 0.6) is 0 Å². The lowest BCUT2D eigenvalue weighted by atomic mass is 10.0. The first-order valence-electron chi connectivity index (χ1n) is 3.85. The second-order valence-electron chi connectivity index (χ2n) is 2.88. The molecule has 0 atom stereocenters. The maximum absolute atomic E-state index is 11.1. The Hall–Kier alpha value is -1.12. The summed E-state index contributed by atoms with van der Waals surface area (Å²) in [6.45, 7) is 0. The molecule has 0 saturated heterocycles. The first kappa shape index (κ1) is 9.44. The van der Waals surface area contributed by atoms with Gasteiger partial charge in [0.2, 0.25) is 10.9 Å². The highest BCUT2D eigenvalue weighted by Gasteiger charge is 2.14. The Balaban J connectivity index is 2.64. The summed E-state index contributed by atoms with van der Waals surface area (Å²) < 4.78 is 0. The molecule has 0 amide bonds. The fraction of sp³-hybridized carbons (Fsp3) is 0. The van der Waals surface area contributed by atoms with Crippen molar-refractivity contribution in [1.82, 2.24) is 0 Å². The van der Waals surface area contributed by atoms with Crippen molar-refractivity contribution in [3.8, 4) is 11.1 Å². The standard InChI is InChI=1S/C10H4Cl2O2/c11-5-1-2-8(12)6(3-5)7-4-9(13)10(7)14/h1-4H. The molecule has 0 fully saturated rings. The minimum absolute atomic E-state index is 0.336. The first-order chi connectivity index (χ1) is 6.59. The van der Waals surface area contributed by atoms with Crippen LogP contribution in [0.4, 0.5) is 0 Å². The summed E-state index contributed by atoms with van der Waals surface area (Å²) >= 11 is 11.6. The maximum Gasteiger partial charge on any atom is 0.233 e. The molecule has 0 aromatic heterocycles. The summed E-state index contributed by atoms with van der Waals surface area (Å²) in [5.74, 6) is 0. The Labute approximate surface area is 89.4 Å². The lowest BCUT2D eigenvalue weighted by Crippen LogP contribution is -2.30. The van der Waals surface area contributed by atoms with Crippen LogP contribution in [0.25, 0.3) is 11.1 Å². The quantitative estimate of drug-likeness (QED) is 0.700. The largest absolute Gasteiger partial charge is 0.286 e. The molecule has 0 saturated carbocycles. The zero-order chi connectivity index (χ0) is 10.3. The van der Waals surface area contributed by atoms with E-state index in [0.717, 1.165) is 0 Å². The van der Waals surface area contributed by atoms with Gasteiger partial charge >= 0.3 is 0 Å². The van der Waals surface area contributed by atoms with Gasteiger partial charge in [-0.05, 0) is 18.2 Å². The molecule has 0 aliphatic carbocycles. The average molecular weight is 227 g/mol. The SMILES string of the molecule is O=c1cc(-c2cc(Cl)ccc2Cl)c1=O. The van der Waals surface area contributed by atoms with Crippen molar-refractivity contribution in [3.05, 3.63) is 54.8 Å². The Morgan fingerprint density at radius 3 is 2.21 bits per heavy atom. The molecule has 0 heterocycles. The molecular weight excluding hydrogens is 223 g/mol. The van der Waals surface area contributed by atoms with Crippen LogP contribution in [-0.2, 0) is 0 Å². The fourth-order valence-corrected chi connectivity index (χ4v) is 1.61. The molecule has 2 aromatic carbocycles. The minimum Gasteiger partial charge on any atom is -0.286 e. The Morgan fingerprint density at radius 2 is 1.64 bits per heavy atom. The summed E-state index contributed by atoms with van der Waals surface area (Å²) in [5.41, 5.74) is -0.142. The van der Waals surface area contributed by atoms with Crippen LogP contribution in [0, 0.1) is 0 Å². The highest BCUT2D eigenvalue weighted by Crippen LogP contribution is 2.28. The highest BCUT2D eigenvalue weighted by atomic mass is 35.5. The van der Waals surface area contributed by atoms with Crippen LogP contribution >= 0.6 is 23.2 Å². The highest BCUT2D eigenvalue weighted by molar-refractivity contribution is 6.35. The van der Waals surface area contributed by atoms with E-state index in [0.29, 0.717) is 21.2 Å². The van der Waals surface area contributed by atoms with Crippen LogP contribution in [0.2, 0.25) is 10.0 Å². The van der Waals surface area contributed by atoms with Gasteiger partial charge in [0, 0.05) is 27.2 Å². The van der Waals surface area contributed by atoms with Crippen LogP contribution in [0.15, 0.2) is 33.9 Å². The van der Waals surface area contributed by atoms with E-state index in [4.69, 9.17) is 23.2 Å². The molecule has 2 nitrogen and oxygen atoms in total. The smallest absolute Gasteiger partial charge is 0.233 e. The molecule has 0 aliphatic heterocycles. The number of rotatable bonds is 1. The lowest BCUT2D eigenvalue weighted by molar-refractivity contribution is 1.41. The third-order valence-electron chi connectivity index (χ3n) is 1.96. The van der Waals surface area contributed by atoms with Gasteiger partial charge in [-0.3, -0.25) is 9.59 Å². The summed E-state index contributed by atoms with van der Waals surface area (Å²) in [5, 5.41) is 0.902. The number of benzene rings is 1. The second-order valence-corrected chi connectivity index (χ2v) is 3.72. The number of halogens is 2. The van der Waals surface area contributed by atoms with Crippen molar-refractivity contribution in [2.45, 2.75) is 0 Å².